The Morgan fingerprint density at radius 3 is 2.67 bits per heavy atom. The van der Waals surface area contributed by atoms with Crippen LogP contribution in [-0.2, 0) is 0 Å². The molecule has 1 aliphatic rings. The van der Waals surface area contributed by atoms with Crippen LogP contribution in [0.1, 0.15) is 21.6 Å². The van der Waals surface area contributed by atoms with E-state index in [2.05, 4.69) is 10.3 Å². The Bertz CT molecular complexity index is 863. The summed E-state index contributed by atoms with van der Waals surface area (Å²) in [4.78, 5) is 16.7. The number of amides is 1. The number of benzene rings is 2. The molecule has 6 heteroatoms. The number of ether oxygens (including phenoxy) is 2. The van der Waals surface area contributed by atoms with Crippen LogP contribution in [0.5, 0.6) is 11.5 Å². The zero-order valence-electron chi connectivity index (χ0n) is 12.6. The van der Waals surface area contributed by atoms with Crippen LogP contribution in [0.3, 0.4) is 0 Å². The van der Waals surface area contributed by atoms with Gasteiger partial charge in [-0.2, -0.15) is 0 Å². The molecule has 1 amide bonds. The third kappa shape index (κ3) is 2.96. The van der Waals surface area contributed by atoms with Gasteiger partial charge in [-0.05, 0) is 24.3 Å². The van der Waals surface area contributed by atoms with Crippen molar-refractivity contribution in [1.82, 2.24) is 4.98 Å². The molecule has 5 nitrogen and oxygen atoms in total. The number of anilines is 1. The van der Waals surface area contributed by atoms with Crippen molar-refractivity contribution in [2.45, 2.75) is 6.10 Å². The van der Waals surface area contributed by atoms with E-state index in [1.54, 1.807) is 5.38 Å². The zero-order valence-corrected chi connectivity index (χ0v) is 13.5. The second kappa shape index (κ2) is 6.33. The molecule has 0 unspecified atom stereocenters. The van der Waals surface area contributed by atoms with Crippen molar-refractivity contribution in [1.29, 1.82) is 0 Å². The van der Waals surface area contributed by atoms with Crippen molar-refractivity contribution in [2.75, 3.05) is 11.9 Å². The molecule has 0 spiro atoms. The van der Waals surface area contributed by atoms with Crippen molar-refractivity contribution in [2.24, 2.45) is 0 Å². The second-order valence-electron chi connectivity index (χ2n) is 5.26. The summed E-state index contributed by atoms with van der Waals surface area (Å²) in [5.41, 5.74) is 1.12. The number of aromatic nitrogens is 1. The molecule has 0 aliphatic carbocycles. The largest absolute Gasteiger partial charge is 0.485 e. The van der Waals surface area contributed by atoms with Gasteiger partial charge in [0, 0.05) is 11.1 Å². The van der Waals surface area contributed by atoms with E-state index in [-0.39, 0.29) is 12.0 Å². The molecule has 1 aliphatic heterocycles. The molecule has 0 radical (unpaired) electrons. The average Bonchev–Trinajstić information content (AvgIpc) is 3.12. The number of fused-ring (bicyclic) bond motifs is 1. The van der Waals surface area contributed by atoms with Gasteiger partial charge in [-0.25, -0.2) is 4.98 Å². The highest BCUT2D eigenvalue weighted by molar-refractivity contribution is 7.09. The predicted octanol–water partition coefficient (Wildman–Crippen LogP) is 3.91. The van der Waals surface area contributed by atoms with E-state index in [0.717, 1.165) is 16.4 Å². The van der Waals surface area contributed by atoms with Crippen LogP contribution in [0.2, 0.25) is 0 Å². The van der Waals surface area contributed by atoms with Gasteiger partial charge in [0.25, 0.3) is 5.91 Å². The smallest absolute Gasteiger partial charge is 0.275 e. The SMILES string of the molecule is O=C(Nc1ccccc1)c1csc([C@@H]2COc3ccccc3O2)n1. The fourth-order valence-electron chi connectivity index (χ4n) is 2.40. The van der Waals surface area contributed by atoms with Crippen molar-refractivity contribution in [3.05, 3.63) is 70.7 Å². The van der Waals surface area contributed by atoms with Crippen LogP contribution < -0.4 is 14.8 Å². The van der Waals surface area contributed by atoms with Crippen LogP contribution in [0.4, 0.5) is 5.69 Å². The number of thiazole rings is 1. The molecule has 0 saturated heterocycles. The van der Waals surface area contributed by atoms with Gasteiger partial charge in [-0.15, -0.1) is 11.3 Å². The van der Waals surface area contributed by atoms with E-state index in [1.807, 2.05) is 54.6 Å². The number of carbonyl (C=O) groups is 1. The van der Waals surface area contributed by atoms with Crippen LogP contribution in [0.25, 0.3) is 0 Å². The minimum absolute atomic E-state index is 0.235. The van der Waals surface area contributed by atoms with Gasteiger partial charge in [0.05, 0.1) is 0 Å². The quantitative estimate of drug-likeness (QED) is 0.786. The maximum Gasteiger partial charge on any atom is 0.275 e. The first-order valence-electron chi connectivity index (χ1n) is 7.50. The fourth-order valence-corrected chi connectivity index (χ4v) is 3.21. The highest BCUT2D eigenvalue weighted by Gasteiger charge is 2.25. The Morgan fingerprint density at radius 2 is 1.83 bits per heavy atom. The minimum atomic E-state index is -0.303. The third-order valence-corrected chi connectivity index (χ3v) is 4.51. The molecule has 0 saturated carbocycles. The first-order valence-corrected chi connectivity index (χ1v) is 8.38. The molecule has 0 bridgehead atoms. The van der Waals surface area contributed by atoms with Gasteiger partial charge in [0.1, 0.15) is 17.3 Å². The maximum absolute atomic E-state index is 12.3. The van der Waals surface area contributed by atoms with E-state index in [9.17, 15) is 4.79 Å². The summed E-state index contributed by atoms with van der Waals surface area (Å²) in [6.07, 6.45) is -0.303. The molecule has 120 valence electrons. The molecule has 2 heterocycles. The van der Waals surface area contributed by atoms with Gasteiger partial charge < -0.3 is 14.8 Å². The third-order valence-electron chi connectivity index (χ3n) is 3.57. The lowest BCUT2D eigenvalue weighted by molar-refractivity contribution is 0.0906. The number of para-hydroxylation sites is 3. The summed E-state index contributed by atoms with van der Waals surface area (Å²) in [6, 6.07) is 16.8. The molecule has 24 heavy (non-hydrogen) atoms. The number of carbonyl (C=O) groups excluding carboxylic acids is 1. The second-order valence-corrected chi connectivity index (χ2v) is 6.15. The Kier molecular flexibility index (Phi) is 3.88. The Hall–Kier alpha value is -2.86. The topological polar surface area (TPSA) is 60.5 Å². The van der Waals surface area contributed by atoms with E-state index in [4.69, 9.17) is 9.47 Å². The average molecular weight is 338 g/mol. The highest BCUT2D eigenvalue weighted by atomic mass is 32.1. The van der Waals surface area contributed by atoms with Crippen molar-refractivity contribution < 1.29 is 14.3 Å². The van der Waals surface area contributed by atoms with E-state index < -0.39 is 0 Å². The monoisotopic (exact) mass is 338 g/mol. The van der Waals surface area contributed by atoms with Crippen LogP contribution >= 0.6 is 11.3 Å². The van der Waals surface area contributed by atoms with Crippen molar-refractivity contribution in [3.8, 4) is 11.5 Å². The standard InChI is InChI=1S/C18H14N2O3S/c21-17(19-12-6-2-1-3-7-12)13-11-24-18(20-13)16-10-22-14-8-4-5-9-15(14)23-16/h1-9,11,16H,10H2,(H,19,21)/t16-/m0/s1. The summed E-state index contributed by atoms with van der Waals surface area (Å²) >= 11 is 1.39. The summed E-state index contributed by atoms with van der Waals surface area (Å²) in [6.45, 7) is 0.379. The molecule has 1 aromatic heterocycles. The zero-order chi connectivity index (χ0) is 16.4. The number of nitrogens with zero attached hydrogens (tertiary/aromatic N) is 1. The predicted molar refractivity (Wildman–Crippen MR) is 91.8 cm³/mol. The van der Waals surface area contributed by atoms with Gasteiger partial charge >= 0.3 is 0 Å². The minimum Gasteiger partial charge on any atom is -0.485 e. The molecule has 0 fully saturated rings. The normalized spacial score (nSPS) is 15.8. The number of rotatable bonds is 3. The van der Waals surface area contributed by atoms with Crippen molar-refractivity contribution >= 4 is 22.9 Å². The van der Waals surface area contributed by atoms with E-state index >= 15 is 0 Å². The molecular weight excluding hydrogens is 324 g/mol. The number of hydrogen-bond acceptors (Lipinski definition) is 5. The summed E-state index contributed by atoms with van der Waals surface area (Å²) in [5.74, 6) is 1.19. The molecule has 2 aromatic carbocycles. The van der Waals surface area contributed by atoms with Gasteiger partial charge in [-0.3, -0.25) is 4.79 Å². The lowest BCUT2D eigenvalue weighted by Gasteiger charge is -2.24. The molecule has 1 atom stereocenters. The summed E-state index contributed by atoms with van der Waals surface area (Å²) in [5, 5.41) is 5.28. The Morgan fingerprint density at radius 1 is 1.08 bits per heavy atom. The summed E-state index contributed by atoms with van der Waals surface area (Å²) in [7, 11) is 0. The van der Waals surface area contributed by atoms with Gasteiger partial charge in [0.2, 0.25) is 0 Å². The number of nitrogens with one attached hydrogen (secondary N) is 1. The van der Waals surface area contributed by atoms with E-state index in [0.29, 0.717) is 18.1 Å². The van der Waals surface area contributed by atoms with Crippen molar-refractivity contribution in [3.63, 3.8) is 0 Å². The molecular formula is C18H14N2O3S. The van der Waals surface area contributed by atoms with E-state index in [1.165, 1.54) is 11.3 Å². The van der Waals surface area contributed by atoms with Gasteiger partial charge in [-0.1, -0.05) is 30.3 Å². The Balaban J connectivity index is 1.48. The fraction of sp³-hybridized carbons (Fsp3) is 0.111. The number of hydrogen-bond donors (Lipinski definition) is 1. The summed E-state index contributed by atoms with van der Waals surface area (Å²) < 4.78 is 11.6. The first kappa shape index (κ1) is 14.7. The molecule has 4 rings (SSSR count). The first-order chi connectivity index (χ1) is 11.8. The lowest BCUT2D eigenvalue weighted by Crippen LogP contribution is -2.21. The Labute approximate surface area is 142 Å². The molecule has 1 N–H and O–H groups in total. The van der Waals surface area contributed by atoms with Crippen LogP contribution in [0.15, 0.2) is 60.0 Å². The molecule has 3 aromatic rings. The van der Waals surface area contributed by atoms with Crippen LogP contribution in [-0.4, -0.2) is 17.5 Å². The van der Waals surface area contributed by atoms with Gasteiger partial charge in [0.15, 0.2) is 17.6 Å². The maximum atomic E-state index is 12.3. The lowest BCUT2D eigenvalue weighted by atomic mass is 10.2. The highest BCUT2D eigenvalue weighted by Crippen LogP contribution is 2.36. The van der Waals surface area contributed by atoms with Crippen LogP contribution in [0, 0.1) is 0 Å².